The highest BCUT2D eigenvalue weighted by Gasteiger charge is 2.25. The van der Waals surface area contributed by atoms with Crippen LogP contribution < -0.4 is 15.8 Å². The SMILES string of the molecule is NC(=O)c1cccc(OCCC(=O)N2CCC(NCC3CC3)CC2)c1. The third-order valence-corrected chi connectivity index (χ3v) is 4.94. The number of ether oxygens (including phenoxy) is 1. The lowest BCUT2D eigenvalue weighted by atomic mass is 10.0. The minimum Gasteiger partial charge on any atom is -0.493 e. The highest BCUT2D eigenvalue weighted by molar-refractivity contribution is 5.93. The van der Waals surface area contributed by atoms with Crippen LogP contribution in [0.3, 0.4) is 0 Å². The van der Waals surface area contributed by atoms with E-state index in [1.165, 1.54) is 12.8 Å². The number of piperidine rings is 1. The number of hydrogen-bond donors (Lipinski definition) is 2. The second-order valence-electron chi connectivity index (χ2n) is 7.00. The highest BCUT2D eigenvalue weighted by Crippen LogP contribution is 2.28. The number of likely N-dealkylation sites (tertiary alicyclic amines) is 1. The van der Waals surface area contributed by atoms with Gasteiger partial charge in [-0.25, -0.2) is 0 Å². The molecule has 1 aliphatic heterocycles. The van der Waals surface area contributed by atoms with E-state index in [0.717, 1.165) is 38.4 Å². The molecule has 6 heteroatoms. The molecule has 3 N–H and O–H groups in total. The van der Waals surface area contributed by atoms with Gasteiger partial charge in [0.15, 0.2) is 0 Å². The maximum absolute atomic E-state index is 12.3. The standard InChI is InChI=1S/C19H27N3O3/c20-19(24)15-2-1-3-17(12-15)25-11-8-18(23)22-9-6-16(7-10-22)21-13-14-4-5-14/h1-3,12,14,16,21H,4-11,13H2,(H2,20,24). The molecule has 0 spiro atoms. The van der Waals surface area contributed by atoms with Crippen molar-refractivity contribution in [1.82, 2.24) is 10.2 Å². The van der Waals surface area contributed by atoms with Crippen molar-refractivity contribution < 1.29 is 14.3 Å². The van der Waals surface area contributed by atoms with Gasteiger partial charge in [0, 0.05) is 24.7 Å². The van der Waals surface area contributed by atoms with E-state index in [4.69, 9.17) is 10.5 Å². The van der Waals surface area contributed by atoms with Gasteiger partial charge >= 0.3 is 0 Å². The van der Waals surface area contributed by atoms with Gasteiger partial charge in [0.05, 0.1) is 13.0 Å². The zero-order valence-corrected chi connectivity index (χ0v) is 14.6. The van der Waals surface area contributed by atoms with E-state index in [2.05, 4.69) is 5.32 Å². The summed E-state index contributed by atoms with van der Waals surface area (Å²) in [7, 11) is 0. The monoisotopic (exact) mass is 345 g/mol. The molecule has 25 heavy (non-hydrogen) atoms. The molecule has 2 aliphatic rings. The fourth-order valence-corrected chi connectivity index (χ4v) is 3.14. The van der Waals surface area contributed by atoms with Crippen LogP contribution >= 0.6 is 0 Å². The molecule has 0 radical (unpaired) electrons. The Morgan fingerprint density at radius 1 is 1.20 bits per heavy atom. The van der Waals surface area contributed by atoms with E-state index in [1.807, 2.05) is 4.90 Å². The molecular weight excluding hydrogens is 318 g/mol. The van der Waals surface area contributed by atoms with Crippen LogP contribution in [-0.4, -0.2) is 49.0 Å². The number of carbonyl (C=O) groups is 2. The van der Waals surface area contributed by atoms with E-state index < -0.39 is 5.91 Å². The van der Waals surface area contributed by atoms with Crippen molar-refractivity contribution in [3.05, 3.63) is 29.8 Å². The minimum atomic E-state index is -0.486. The highest BCUT2D eigenvalue weighted by atomic mass is 16.5. The molecular formula is C19H27N3O3. The molecule has 1 aliphatic carbocycles. The zero-order valence-electron chi connectivity index (χ0n) is 14.6. The summed E-state index contributed by atoms with van der Waals surface area (Å²) in [4.78, 5) is 25.4. The second-order valence-corrected chi connectivity index (χ2v) is 7.00. The third kappa shape index (κ3) is 5.46. The van der Waals surface area contributed by atoms with Gasteiger partial charge in [-0.3, -0.25) is 9.59 Å². The van der Waals surface area contributed by atoms with E-state index in [9.17, 15) is 9.59 Å². The average Bonchev–Trinajstić information content (AvgIpc) is 3.45. The van der Waals surface area contributed by atoms with Crippen molar-refractivity contribution in [3.63, 3.8) is 0 Å². The Labute approximate surface area is 148 Å². The first-order valence-electron chi connectivity index (χ1n) is 9.15. The first kappa shape index (κ1) is 17.7. The topological polar surface area (TPSA) is 84.7 Å². The summed E-state index contributed by atoms with van der Waals surface area (Å²) in [6.45, 7) is 3.08. The minimum absolute atomic E-state index is 0.131. The van der Waals surface area contributed by atoms with E-state index in [1.54, 1.807) is 24.3 Å². The number of amides is 2. The predicted octanol–water partition coefficient (Wildman–Crippen LogP) is 1.54. The normalized spacial score (nSPS) is 18.2. The van der Waals surface area contributed by atoms with E-state index in [-0.39, 0.29) is 5.91 Å². The predicted molar refractivity (Wildman–Crippen MR) is 95.4 cm³/mol. The van der Waals surface area contributed by atoms with Crippen molar-refractivity contribution in [1.29, 1.82) is 0 Å². The molecule has 1 aromatic carbocycles. The van der Waals surface area contributed by atoms with Crippen molar-refractivity contribution in [3.8, 4) is 5.75 Å². The van der Waals surface area contributed by atoms with Crippen LogP contribution in [0.15, 0.2) is 24.3 Å². The lowest BCUT2D eigenvalue weighted by Crippen LogP contribution is -2.45. The van der Waals surface area contributed by atoms with Gasteiger partial charge in [-0.15, -0.1) is 0 Å². The number of nitrogens with zero attached hydrogens (tertiary/aromatic N) is 1. The second kappa shape index (κ2) is 8.34. The molecule has 136 valence electrons. The molecule has 6 nitrogen and oxygen atoms in total. The van der Waals surface area contributed by atoms with Crippen LogP contribution in [0, 0.1) is 5.92 Å². The third-order valence-electron chi connectivity index (χ3n) is 4.94. The summed E-state index contributed by atoms with van der Waals surface area (Å²) >= 11 is 0. The lowest BCUT2D eigenvalue weighted by Gasteiger charge is -2.32. The molecule has 0 aromatic heterocycles. The van der Waals surface area contributed by atoms with Crippen molar-refractivity contribution in [2.24, 2.45) is 11.7 Å². The Morgan fingerprint density at radius 2 is 1.96 bits per heavy atom. The Bertz CT molecular complexity index is 608. The van der Waals surface area contributed by atoms with Crippen molar-refractivity contribution >= 4 is 11.8 Å². The quantitative estimate of drug-likeness (QED) is 0.748. The summed E-state index contributed by atoms with van der Waals surface area (Å²) < 4.78 is 5.58. The maximum atomic E-state index is 12.3. The summed E-state index contributed by atoms with van der Waals surface area (Å²) in [6.07, 6.45) is 5.14. The lowest BCUT2D eigenvalue weighted by molar-refractivity contribution is -0.132. The van der Waals surface area contributed by atoms with Crippen LogP contribution in [0.1, 0.15) is 42.5 Å². The average molecular weight is 345 g/mol. The molecule has 1 heterocycles. The van der Waals surface area contributed by atoms with Crippen molar-refractivity contribution in [2.45, 2.75) is 38.1 Å². The van der Waals surface area contributed by atoms with E-state index in [0.29, 0.717) is 30.4 Å². The van der Waals surface area contributed by atoms with Crippen LogP contribution in [0.2, 0.25) is 0 Å². The molecule has 0 unspecified atom stereocenters. The van der Waals surface area contributed by atoms with Gasteiger partial charge in [0.1, 0.15) is 5.75 Å². The van der Waals surface area contributed by atoms with Gasteiger partial charge in [-0.1, -0.05) is 6.07 Å². The molecule has 2 amide bonds. The molecule has 0 atom stereocenters. The Hall–Kier alpha value is -2.08. The summed E-state index contributed by atoms with van der Waals surface area (Å²) in [5.41, 5.74) is 5.66. The summed E-state index contributed by atoms with van der Waals surface area (Å²) in [5, 5.41) is 3.62. The maximum Gasteiger partial charge on any atom is 0.248 e. The Kier molecular flexibility index (Phi) is 5.91. The van der Waals surface area contributed by atoms with E-state index >= 15 is 0 Å². The molecule has 2 fully saturated rings. The van der Waals surface area contributed by atoms with Crippen molar-refractivity contribution in [2.75, 3.05) is 26.2 Å². The van der Waals surface area contributed by atoms with Gasteiger partial charge in [0.25, 0.3) is 0 Å². The number of rotatable bonds is 8. The fraction of sp³-hybridized carbons (Fsp3) is 0.579. The van der Waals surface area contributed by atoms with Crippen LogP contribution in [0.25, 0.3) is 0 Å². The number of hydrogen-bond acceptors (Lipinski definition) is 4. The number of primary amides is 1. The molecule has 3 rings (SSSR count). The number of nitrogens with one attached hydrogen (secondary N) is 1. The van der Waals surface area contributed by atoms with Crippen LogP contribution in [0.4, 0.5) is 0 Å². The first-order chi connectivity index (χ1) is 12.1. The Balaban J connectivity index is 1.35. The summed E-state index contributed by atoms with van der Waals surface area (Å²) in [6, 6.07) is 7.27. The largest absolute Gasteiger partial charge is 0.493 e. The van der Waals surface area contributed by atoms with Crippen LogP contribution in [0.5, 0.6) is 5.75 Å². The smallest absolute Gasteiger partial charge is 0.248 e. The number of nitrogens with two attached hydrogens (primary N) is 1. The van der Waals surface area contributed by atoms with Gasteiger partial charge in [0.2, 0.25) is 11.8 Å². The molecule has 1 saturated carbocycles. The number of carbonyl (C=O) groups excluding carboxylic acids is 2. The van der Waals surface area contributed by atoms with Gasteiger partial charge < -0.3 is 20.7 Å². The van der Waals surface area contributed by atoms with Gasteiger partial charge in [-0.2, -0.15) is 0 Å². The summed E-state index contributed by atoms with van der Waals surface area (Å²) in [5.74, 6) is 1.10. The molecule has 0 bridgehead atoms. The first-order valence-corrected chi connectivity index (χ1v) is 9.15. The number of benzene rings is 1. The van der Waals surface area contributed by atoms with Crippen LogP contribution in [-0.2, 0) is 4.79 Å². The van der Waals surface area contributed by atoms with Gasteiger partial charge in [-0.05, 0) is 56.3 Å². The molecule has 1 aromatic rings. The Morgan fingerprint density at radius 3 is 2.64 bits per heavy atom. The molecule has 1 saturated heterocycles. The zero-order chi connectivity index (χ0) is 17.6. The fourth-order valence-electron chi connectivity index (χ4n) is 3.14.